The first kappa shape index (κ1) is 20.7. The Morgan fingerprint density at radius 2 is 2.00 bits per heavy atom. The smallest absolute Gasteiger partial charge is 0.270 e. The van der Waals surface area contributed by atoms with Crippen molar-refractivity contribution in [2.75, 3.05) is 12.3 Å². The Bertz CT molecular complexity index is 927. The van der Waals surface area contributed by atoms with Gasteiger partial charge in [0.25, 0.3) is 5.56 Å². The van der Waals surface area contributed by atoms with Gasteiger partial charge in [0.05, 0.1) is 16.8 Å². The molecule has 2 N–H and O–H groups in total. The van der Waals surface area contributed by atoms with Crippen LogP contribution in [0.4, 0.5) is 0 Å². The third-order valence-corrected chi connectivity index (χ3v) is 6.53. The van der Waals surface area contributed by atoms with Gasteiger partial charge in [0.15, 0.2) is 10.1 Å². The van der Waals surface area contributed by atoms with Gasteiger partial charge in [-0.2, -0.15) is 0 Å². The normalized spacial score (nSPS) is 11.3. The molecule has 0 saturated carbocycles. The quantitative estimate of drug-likeness (QED) is 0.356. The number of sulfone groups is 1. The summed E-state index contributed by atoms with van der Waals surface area (Å²) in [6.45, 7) is 2.63. The van der Waals surface area contributed by atoms with Crippen LogP contribution in [0.5, 0.6) is 0 Å². The molecule has 0 atom stereocenters. The number of aromatic amines is 1. The minimum atomic E-state index is -3.97. The molecule has 0 aliphatic rings. The van der Waals surface area contributed by atoms with Gasteiger partial charge >= 0.3 is 0 Å². The Morgan fingerprint density at radius 3 is 2.62 bits per heavy atom. The van der Waals surface area contributed by atoms with E-state index in [1.807, 2.05) is 6.92 Å². The van der Waals surface area contributed by atoms with Gasteiger partial charge in [-0.1, -0.05) is 41.0 Å². The summed E-state index contributed by atoms with van der Waals surface area (Å²) in [5.74, 6) is -0.0801. The molecular weight excluding hydrogens is 442 g/mol. The number of benzene rings is 1. The number of hydrogen-bond donors (Lipinski definition) is 2. The predicted molar refractivity (Wildman–Crippen MR) is 103 cm³/mol. The molecule has 0 unspecified atom stereocenters. The van der Waals surface area contributed by atoms with E-state index in [-0.39, 0.29) is 21.7 Å². The van der Waals surface area contributed by atoms with Crippen LogP contribution in [-0.2, 0) is 14.6 Å². The highest BCUT2D eigenvalue weighted by molar-refractivity contribution is 9.10. The fraction of sp³-hybridized carbons (Fsp3) is 0.312. The van der Waals surface area contributed by atoms with E-state index in [2.05, 4.69) is 31.2 Å². The number of carbonyl (C=O) groups is 1. The summed E-state index contributed by atoms with van der Waals surface area (Å²) in [6, 6.07) is 5.97. The number of H-pyrrole nitrogens is 1. The molecule has 1 aromatic heterocycles. The summed E-state index contributed by atoms with van der Waals surface area (Å²) in [7, 11) is -3.97. The summed E-state index contributed by atoms with van der Waals surface area (Å²) in [5, 5.41) is 2.94. The predicted octanol–water partition coefficient (Wildman–Crippen LogP) is 2.37. The fourth-order valence-electron chi connectivity index (χ4n) is 1.96. The average Bonchev–Trinajstić information content (AvgIpc) is 2.60. The van der Waals surface area contributed by atoms with E-state index in [4.69, 9.17) is 0 Å². The van der Waals surface area contributed by atoms with Crippen LogP contribution in [0, 0.1) is 0 Å². The van der Waals surface area contributed by atoms with E-state index in [1.165, 1.54) is 12.1 Å². The summed E-state index contributed by atoms with van der Waals surface area (Å²) >= 11 is 4.27. The lowest BCUT2D eigenvalue weighted by molar-refractivity contribution is -0.118. The molecule has 0 spiro atoms. The lowest BCUT2D eigenvalue weighted by Crippen LogP contribution is -2.26. The number of hydrogen-bond acceptors (Lipinski definition) is 6. The third kappa shape index (κ3) is 5.42. The molecule has 0 saturated heterocycles. The second-order valence-corrected chi connectivity index (χ2v) is 9.13. The zero-order valence-corrected chi connectivity index (χ0v) is 17.2. The lowest BCUT2D eigenvalue weighted by atomic mass is 10.3. The molecule has 1 heterocycles. The Hall–Kier alpha value is -1.65. The summed E-state index contributed by atoms with van der Waals surface area (Å²) in [4.78, 5) is 29.8. The number of nitrogens with one attached hydrogen (secondary N) is 2. The van der Waals surface area contributed by atoms with Gasteiger partial charge < -0.3 is 10.3 Å². The van der Waals surface area contributed by atoms with Crippen LogP contribution in [0.25, 0.3) is 0 Å². The van der Waals surface area contributed by atoms with Crippen LogP contribution < -0.4 is 10.9 Å². The molecule has 0 bridgehead atoms. The number of halogens is 1. The van der Waals surface area contributed by atoms with Crippen molar-refractivity contribution in [2.24, 2.45) is 0 Å². The Kier molecular flexibility index (Phi) is 7.42. The zero-order valence-electron chi connectivity index (χ0n) is 14.0. The maximum atomic E-state index is 12.5. The number of thioether (sulfide) groups is 1. The number of amides is 1. The van der Waals surface area contributed by atoms with Crippen LogP contribution in [0.1, 0.15) is 19.8 Å². The van der Waals surface area contributed by atoms with Crippen LogP contribution in [0.2, 0.25) is 0 Å². The van der Waals surface area contributed by atoms with E-state index < -0.39 is 20.3 Å². The molecule has 0 fully saturated rings. The molecule has 0 radical (unpaired) electrons. The molecule has 10 heteroatoms. The van der Waals surface area contributed by atoms with Gasteiger partial charge in [0.2, 0.25) is 15.7 Å². The molecule has 0 aliphatic heterocycles. The highest BCUT2D eigenvalue weighted by atomic mass is 79.9. The number of rotatable bonds is 8. The summed E-state index contributed by atoms with van der Waals surface area (Å²) < 4.78 is 25.8. The fourth-order valence-corrected chi connectivity index (χ4v) is 4.12. The number of aromatic nitrogens is 2. The van der Waals surface area contributed by atoms with Crippen molar-refractivity contribution in [3.8, 4) is 0 Å². The van der Waals surface area contributed by atoms with Gasteiger partial charge in [-0.3, -0.25) is 9.59 Å². The molecule has 2 aromatic rings. The third-order valence-electron chi connectivity index (χ3n) is 3.35. The molecule has 1 amide bonds. The van der Waals surface area contributed by atoms with E-state index in [0.29, 0.717) is 6.54 Å². The maximum Gasteiger partial charge on any atom is 0.270 e. The van der Waals surface area contributed by atoms with Crippen molar-refractivity contribution in [2.45, 2.75) is 34.7 Å². The Balaban J connectivity index is 2.11. The Morgan fingerprint density at radius 1 is 1.31 bits per heavy atom. The molecule has 7 nitrogen and oxygen atoms in total. The van der Waals surface area contributed by atoms with E-state index in [1.54, 1.807) is 12.1 Å². The van der Waals surface area contributed by atoms with Crippen molar-refractivity contribution in [1.82, 2.24) is 15.3 Å². The van der Waals surface area contributed by atoms with E-state index in [9.17, 15) is 18.0 Å². The average molecular weight is 460 g/mol. The monoisotopic (exact) mass is 459 g/mol. The van der Waals surface area contributed by atoms with Crippen molar-refractivity contribution < 1.29 is 13.2 Å². The van der Waals surface area contributed by atoms with Crippen LogP contribution in [-0.4, -0.2) is 36.6 Å². The zero-order chi connectivity index (χ0) is 19.2. The van der Waals surface area contributed by atoms with Gasteiger partial charge in [-0.05, 0) is 30.7 Å². The molecule has 140 valence electrons. The molecular formula is C16H18BrN3O4S2. The van der Waals surface area contributed by atoms with Crippen molar-refractivity contribution in [1.29, 1.82) is 0 Å². The number of carbonyl (C=O) groups excluding carboxylic acids is 1. The number of nitrogens with zero attached hydrogens (tertiary/aromatic N) is 1. The van der Waals surface area contributed by atoms with Crippen LogP contribution in [0.15, 0.2) is 54.7 Å². The second-order valence-electron chi connectivity index (χ2n) is 5.33. The van der Waals surface area contributed by atoms with Crippen molar-refractivity contribution in [3.63, 3.8) is 0 Å². The molecule has 1 aromatic carbocycles. The minimum absolute atomic E-state index is 0.00343. The lowest BCUT2D eigenvalue weighted by Gasteiger charge is -2.06. The first-order chi connectivity index (χ1) is 12.3. The molecule has 2 rings (SSSR count). The van der Waals surface area contributed by atoms with E-state index >= 15 is 0 Å². The molecule has 26 heavy (non-hydrogen) atoms. The van der Waals surface area contributed by atoms with Gasteiger partial charge in [0.1, 0.15) is 0 Å². The number of unbranched alkanes of at least 4 members (excludes halogenated alkanes) is 1. The first-order valence-electron chi connectivity index (χ1n) is 7.84. The van der Waals surface area contributed by atoms with Gasteiger partial charge in [-0.15, -0.1) is 0 Å². The maximum absolute atomic E-state index is 12.5. The second kappa shape index (κ2) is 9.33. The molecule has 0 aliphatic carbocycles. The summed E-state index contributed by atoms with van der Waals surface area (Å²) in [6.07, 6.45) is 2.90. The van der Waals surface area contributed by atoms with Crippen LogP contribution in [0.3, 0.4) is 0 Å². The standard InChI is InChI=1S/C16H18BrN3O4S2/c1-2-3-8-18-14(21)10-25-16-19-9-13(15(22)20-16)26(23,24)12-6-4-11(17)5-7-12/h4-7,9H,2-3,8,10H2,1H3,(H,18,21)(H,19,20,22). The van der Waals surface area contributed by atoms with Crippen LogP contribution >= 0.6 is 27.7 Å². The topological polar surface area (TPSA) is 109 Å². The van der Waals surface area contributed by atoms with E-state index in [0.717, 1.165) is 35.3 Å². The largest absolute Gasteiger partial charge is 0.355 e. The highest BCUT2D eigenvalue weighted by Crippen LogP contribution is 2.20. The Labute approximate surface area is 164 Å². The highest BCUT2D eigenvalue weighted by Gasteiger charge is 2.22. The first-order valence-corrected chi connectivity index (χ1v) is 11.1. The van der Waals surface area contributed by atoms with Crippen molar-refractivity contribution >= 4 is 43.4 Å². The van der Waals surface area contributed by atoms with Gasteiger partial charge in [0, 0.05) is 11.0 Å². The SMILES string of the molecule is CCCCNC(=O)CSc1ncc(S(=O)(=O)c2ccc(Br)cc2)c(=O)[nH]1. The minimum Gasteiger partial charge on any atom is -0.355 e. The van der Waals surface area contributed by atoms with Gasteiger partial charge in [-0.25, -0.2) is 13.4 Å². The summed E-state index contributed by atoms with van der Waals surface area (Å²) in [5.41, 5.74) is -0.767. The van der Waals surface area contributed by atoms with Crippen molar-refractivity contribution in [3.05, 3.63) is 45.3 Å².